The smallest absolute Gasteiger partial charge is 0.310 e. The molecule has 0 saturated heterocycles. The van der Waals surface area contributed by atoms with E-state index in [2.05, 4.69) is 52.5 Å². The number of carbonyl (C=O) groups excluding carboxylic acids is 1. The first-order chi connectivity index (χ1) is 20.0. The van der Waals surface area contributed by atoms with Gasteiger partial charge in [-0.2, -0.15) is 0 Å². The molecule has 2 heterocycles. The highest BCUT2D eigenvalue weighted by molar-refractivity contribution is 7.90. The number of aromatic nitrogens is 2. The quantitative estimate of drug-likeness (QED) is 0.148. The van der Waals surface area contributed by atoms with Crippen molar-refractivity contribution >= 4 is 28.2 Å². The van der Waals surface area contributed by atoms with Gasteiger partial charge in [0.1, 0.15) is 22.9 Å². The first-order valence-corrected chi connectivity index (χ1v) is 15.3. The lowest BCUT2D eigenvalue weighted by Gasteiger charge is -2.23. The average molecular weight is 592 g/mol. The summed E-state index contributed by atoms with van der Waals surface area (Å²) in [5, 5.41) is 1.13. The van der Waals surface area contributed by atoms with Crippen molar-refractivity contribution < 1.29 is 23.6 Å². The SMILES string of the molecule is CCOC(=O)Cc1ccc(OC)cc1OCc1cc(-c2ccnc(CN[S@+]([O-])C(C)(C)C)c2)c2ccn(C(C)C)c2c1. The summed E-state index contributed by atoms with van der Waals surface area (Å²) in [5.41, 5.74) is 5.70. The number of ether oxygens (including phenoxy) is 3. The van der Waals surface area contributed by atoms with E-state index in [0.29, 0.717) is 31.3 Å². The highest BCUT2D eigenvalue weighted by Crippen LogP contribution is 2.34. The normalized spacial score (nSPS) is 12.5. The summed E-state index contributed by atoms with van der Waals surface area (Å²) in [6.07, 6.45) is 4.01. The van der Waals surface area contributed by atoms with Gasteiger partial charge in [-0.05, 0) is 94.6 Å². The van der Waals surface area contributed by atoms with Gasteiger partial charge in [-0.3, -0.25) is 9.78 Å². The number of nitrogens with one attached hydrogen (secondary N) is 1. The third-order valence-corrected chi connectivity index (χ3v) is 8.35. The summed E-state index contributed by atoms with van der Waals surface area (Å²) < 4.78 is 34.4. The van der Waals surface area contributed by atoms with Crippen LogP contribution < -0.4 is 14.2 Å². The molecule has 2 aromatic heterocycles. The predicted octanol–water partition coefficient (Wildman–Crippen LogP) is 6.53. The second kappa shape index (κ2) is 13.6. The van der Waals surface area contributed by atoms with Crippen molar-refractivity contribution in [3.63, 3.8) is 0 Å². The molecule has 0 amide bonds. The molecule has 0 bridgehead atoms. The molecule has 9 heteroatoms. The van der Waals surface area contributed by atoms with Gasteiger partial charge in [0.2, 0.25) is 0 Å². The monoisotopic (exact) mass is 591 g/mol. The van der Waals surface area contributed by atoms with E-state index in [4.69, 9.17) is 14.2 Å². The standard InChI is InChI=1S/C33H41N3O5S/c1-8-40-32(37)18-25-9-10-27(39-7)19-31(25)41-21-23-15-29(28-12-14-36(22(2)3)30(28)16-23)24-11-13-34-26(17-24)20-35-42(38)33(4,5)6/h9-17,19,22,35H,8,18,20-21H2,1-7H3/t42-/m1/s1. The number of hydrogen-bond donors (Lipinski definition) is 1. The van der Waals surface area contributed by atoms with E-state index in [9.17, 15) is 9.35 Å². The Morgan fingerprint density at radius 2 is 1.90 bits per heavy atom. The first kappa shape index (κ1) is 31.4. The van der Waals surface area contributed by atoms with E-state index in [1.807, 2.05) is 45.0 Å². The number of benzene rings is 2. The van der Waals surface area contributed by atoms with Gasteiger partial charge in [-0.15, -0.1) is 4.72 Å². The molecule has 8 nitrogen and oxygen atoms in total. The fourth-order valence-corrected chi connectivity index (χ4v) is 5.37. The summed E-state index contributed by atoms with van der Waals surface area (Å²) in [7, 11) is 1.60. The molecule has 1 N–H and O–H groups in total. The highest BCUT2D eigenvalue weighted by atomic mass is 32.2. The van der Waals surface area contributed by atoms with Crippen LogP contribution in [-0.4, -0.2) is 38.5 Å². The molecule has 0 aliphatic rings. The molecule has 1 atom stereocenters. The van der Waals surface area contributed by atoms with Crippen molar-refractivity contribution in [2.75, 3.05) is 13.7 Å². The van der Waals surface area contributed by atoms with Gasteiger partial charge in [0.15, 0.2) is 0 Å². The van der Waals surface area contributed by atoms with Crippen LogP contribution in [0, 0.1) is 0 Å². The number of esters is 1. The minimum atomic E-state index is -1.20. The van der Waals surface area contributed by atoms with Crippen molar-refractivity contribution in [3.8, 4) is 22.6 Å². The molecule has 0 radical (unpaired) electrons. The Kier molecular flexibility index (Phi) is 10.2. The number of rotatable bonds is 12. The van der Waals surface area contributed by atoms with Crippen molar-refractivity contribution in [2.45, 2.75) is 71.9 Å². The Balaban J connectivity index is 1.68. The van der Waals surface area contributed by atoms with Crippen LogP contribution in [0.5, 0.6) is 11.5 Å². The number of methoxy groups -OCH3 is 1. The van der Waals surface area contributed by atoms with Crippen LogP contribution in [-0.2, 0) is 40.5 Å². The highest BCUT2D eigenvalue weighted by Gasteiger charge is 2.26. The molecule has 0 fully saturated rings. The van der Waals surface area contributed by atoms with Crippen LogP contribution in [0.2, 0.25) is 0 Å². The molecule has 0 saturated carbocycles. The predicted molar refractivity (Wildman–Crippen MR) is 168 cm³/mol. The summed E-state index contributed by atoms with van der Waals surface area (Å²) in [5.74, 6) is 0.917. The van der Waals surface area contributed by atoms with E-state index >= 15 is 0 Å². The third-order valence-electron chi connectivity index (χ3n) is 6.83. The summed E-state index contributed by atoms with van der Waals surface area (Å²) >= 11 is -1.20. The number of nitrogens with zero attached hydrogens (tertiary/aromatic N) is 2. The van der Waals surface area contributed by atoms with Crippen molar-refractivity contribution in [1.82, 2.24) is 14.3 Å². The van der Waals surface area contributed by atoms with Gasteiger partial charge in [-0.1, -0.05) is 6.07 Å². The van der Waals surface area contributed by atoms with Crippen LogP contribution in [0.25, 0.3) is 22.0 Å². The van der Waals surface area contributed by atoms with Gasteiger partial charge in [-0.25, -0.2) is 0 Å². The number of carbonyl (C=O) groups is 1. The van der Waals surface area contributed by atoms with E-state index in [0.717, 1.165) is 38.9 Å². The number of fused-ring (bicyclic) bond motifs is 1. The molecule has 2 aromatic carbocycles. The molecule has 0 unspecified atom stereocenters. The van der Waals surface area contributed by atoms with Crippen LogP contribution in [0.1, 0.15) is 64.4 Å². The topological polar surface area (TPSA) is 97.7 Å². The van der Waals surface area contributed by atoms with Gasteiger partial charge < -0.3 is 23.3 Å². The minimum Gasteiger partial charge on any atom is -0.598 e. The lowest BCUT2D eigenvalue weighted by atomic mass is 9.99. The van der Waals surface area contributed by atoms with Crippen LogP contribution in [0.15, 0.2) is 60.9 Å². The van der Waals surface area contributed by atoms with E-state index < -0.39 is 11.4 Å². The molecule has 4 aromatic rings. The van der Waals surface area contributed by atoms with Crippen molar-refractivity contribution in [3.05, 3.63) is 77.7 Å². The largest absolute Gasteiger partial charge is 0.598 e. The Morgan fingerprint density at radius 1 is 1.12 bits per heavy atom. The average Bonchev–Trinajstić information content (AvgIpc) is 3.39. The van der Waals surface area contributed by atoms with Crippen LogP contribution >= 0.6 is 0 Å². The Bertz CT molecular complexity index is 1530. The molecular weight excluding hydrogens is 550 g/mol. The van der Waals surface area contributed by atoms with Gasteiger partial charge >= 0.3 is 5.97 Å². The fraction of sp³-hybridized carbons (Fsp3) is 0.394. The molecule has 0 aliphatic carbocycles. The van der Waals surface area contributed by atoms with Gasteiger partial charge in [0.05, 0.1) is 32.4 Å². The zero-order valence-corrected chi connectivity index (χ0v) is 26.3. The lowest BCUT2D eigenvalue weighted by molar-refractivity contribution is -0.142. The van der Waals surface area contributed by atoms with Gasteiger partial charge in [0, 0.05) is 52.3 Å². The van der Waals surface area contributed by atoms with E-state index in [1.54, 1.807) is 26.3 Å². The Labute approximate surface area is 251 Å². The Morgan fingerprint density at radius 3 is 2.60 bits per heavy atom. The zero-order chi connectivity index (χ0) is 30.4. The summed E-state index contributed by atoms with van der Waals surface area (Å²) in [6.45, 7) is 12.9. The molecule has 0 spiro atoms. The third kappa shape index (κ3) is 7.65. The summed E-state index contributed by atoms with van der Waals surface area (Å²) in [6, 6.07) is 16.2. The Hall–Kier alpha value is -3.53. The lowest BCUT2D eigenvalue weighted by Crippen LogP contribution is -2.39. The molecule has 0 aliphatic heterocycles. The van der Waals surface area contributed by atoms with E-state index in [-0.39, 0.29) is 23.2 Å². The number of pyridine rings is 1. The maximum absolute atomic E-state index is 12.5. The summed E-state index contributed by atoms with van der Waals surface area (Å²) in [4.78, 5) is 16.8. The van der Waals surface area contributed by atoms with Crippen molar-refractivity contribution in [1.29, 1.82) is 0 Å². The second-order valence-electron chi connectivity index (χ2n) is 11.4. The first-order valence-electron chi connectivity index (χ1n) is 14.2. The van der Waals surface area contributed by atoms with Crippen LogP contribution in [0.4, 0.5) is 0 Å². The number of hydrogen-bond acceptors (Lipinski definition) is 7. The molecule has 224 valence electrons. The fourth-order valence-electron chi connectivity index (χ4n) is 4.66. The van der Waals surface area contributed by atoms with Gasteiger partial charge in [0.25, 0.3) is 0 Å². The molecule has 42 heavy (non-hydrogen) atoms. The van der Waals surface area contributed by atoms with E-state index in [1.165, 1.54) is 0 Å². The van der Waals surface area contributed by atoms with Crippen molar-refractivity contribution in [2.24, 2.45) is 0 Å². The molecular formula is C33H41N3O5S. The minimum absolute atomic E-state index is 0.113. The maximum atomic E-state index is 12.5. The molecule has 4 rings (SSSR count). The maximum Gasteiger partial charge on any atom is 0.310 e. The zero-order valence-electron chi connectivity index (χ0n) is 25.5. The van der Waals surface area contributed by atoms with Crippen LogP contribution in [0.3, 0.4) is 0 Å². The second-order valence-corrected chi connectivity index (χ2v) is 13.4.